The number of rotatable bonds is 3. The Morgan fingerprint density at radius 2 is 1.90 bits per heavy atom. The topological polar surface area (TPSA) is 66.5 Å². The lowest BCUT2D eigenvalue weighted by atomic mass is 10.1. The van der Waals surface area contributed by atoms with E-state index in [2.05, 4.69) is 25.5 Å². The number of nitrogens with one attached hydrogen (secondary N) is 2. The molecule has 7 heteroatoms. The van der Waals surface area contributed by atoms with Crippen LogP contribution in [0.25, 0.3) is 11.1 Å². The van der Waals surface area contributed by atoms with Gasteiger partial charge in [-0.05, 0) is 29.3 Å². The van der Waals surface area contributed by atoms with Crippen molar-refractivity contribution in [2.75, 3.05) is 5.32 Å². The number of aromatic nitrogens is 4. The molecule has 2 N–H and O–H groups in total. The van der Waals surface area contributed by atoms with Crippen LogP contribution < -0.4 is 5.32 Å². The Labute approximate surface area is 118 Å². The molecule has 0 aliphatic rings. The van der Waals surface area contributed by atoms with E-state index in [-0.39, 0.29) is 11.1 Å². The first kappa shape index (κ1) is 12.6. The SMILES string of the molecule is Fc1cnc(Cl)nc1Nc1ccc(-c2cn[nH]c2)cc1. The van der Waals surface area contributed by atoms with Gasteiger partial charge in [-0.15, -0.1) is 0 Å². The summed E-state index contributed by atoms with van der Waals surface area (Å²) in [6, 6.07) is 7.43. The van der Waals surface area contributed by atoms with Crippen molar-refractivity contribution in [1.29, 1.82) is 0 Å². The van der Waals surface area contributed by atoms with Gasteiger partial charge < -0.3 is 5.32 Å². The number of H-pyrrole nitrogens is 1. The fraction of sp³-hybridized carbons (Fsp3) is 0. The quantitative estimate of drug-likeness (QED) is 0.725. The van der Waals surface area contributed by atoms with Gasteiger partial charge in [-0.1, -0.05) is 12.1 Å². The van der Waals surface area contributed by atoms with Gasteiger partial charge in [0.2, 0.25) is 5.28 Å². The summed E-state index contributed by atoms with van der Waals surface area (Å²) < 4.78 is 13.5. The largest absolute Gasteiger partial charge is 0.338 e. The summed E-state index contributed by atoms with van der Waals surface area (Å²) in [5, 5.41) is 9.48. The van der Waals surface area contributed by atoms with Gasteiger partial charge in [-0.3, -0.25) is 5.10 Å². The summed E-state index contributed by atoms with van der Waals surface area (Å²) in [6.45, 7) is 0. The molecule has 2 heterocycles. The first-order valence-corrected chi connectivity index (χ1v) is 6.14. The van der Waals surface area contributed by atoms with Gasteiger partial charge in [0.15, 0.2) is 11.6 Å². The van der Waals surface area contributed by atoms with Crippen molar-refractivity contribution >= 4 is 23.1 Å². The predicted octanol–water partition coefficient (Wildman–Crippen LogP) is 3.40. The van der Waals surface area contributed by atoms with Gasteiger partial charge >= 0.3 is 0 Å². The first-order chi connectivity index (χ1) is 9.72. The first-order valence-electron chi connectivity index (χ1n) is 5.76. The van der Waals surface area contributed by atoms with Crippen molar-refractivity contribution in [3.63, 3.8) is 0 Å². The van der Waals surface area contributed by atoms with E-state index in [9.17, 15) is 4.39 Å². The zero-order chi connectivity index (χ0) is 13.9. The number of aromatic amines is 1. The summed E-state index contributed by atoms with van der Waals surface area (Å²) in [5.41, 5.74) is 2.68. The molecule has 20 heavy (non-hydrogen) atoms. The van der Waals surface area contributed by atoms with E-state index in [1.807, 2.05) is 24.3 Å². The number of hydrogen-bond acceptors (Lipinski definition) is 4. The Hall–Kier alpha value is -2.47. The van der Waals surface area contributed by atoms with E-state index < -0.39 is 5.82 Å². The second kappa shape index (κ2) is 5.26. The van der Waals surface area contributed by atoms with Crippen molar-refractivity contribution in [3.8, 4) is 11.1 Å². The van der Waals surface area contributed by atoms with E-state index in [0.717, 1.165) is 17.3 Å². The Morgan fingerprint density at radius 1 is 1.10 bits per heavy atom. The molecule has 0 saturated carbocycles. The maximum atomic E-state index is 13.5. The van der Waals surface area contributed by atoms with Gasteiger partial charge in [0.1, 0.15) is 0 Å². The lowest BCUT2D eigenvalue weighted by Crippen LogP contribution is -1.98. The Balaban J connectivity index is 1.83. The predicted molar refractivity (Wildman–Crippen MR) is 74.3 cm³/mol. The van der Waals surface area contributed by atoms with Crippen LogP contribution in [0.15, 0.2) is 42.9 Å². The smallest absolute Gasteiger partial charge is 0.224 e. The van der Waals surface area contributed by atoms with Gasteiger partial charge in [-0.25, -0.2) is 9.37 Å². The van der Waals surface area contributed by atoms with Crippen LogP contribution in [0.3, 0.4) is 0 Å². The van der Waals surface area contributed by atoms with Crippen molar-refractivity contribution in [1.82, 2.24) is 20.2 Å². The number of nitrogens with zero attached hydrogens (tertiary/aromatic N) is 3. The molecule has 3 aromatic rings. The van der Waals surface area contributed by atoms with Crippen LogP contribution in [0, 0.1) is 5.82 Å². The number of halogens is 2. The van der Waals surface area contributed by atoms with E-state index in [4.69, 9.17) is 11.6 Å². The molecule has 0 bridgehead atoms. The van der Waals surface area contributed by atoms with Gasteiger partial charge in [0, 0.05) is 17.4 Å². The van der Waals surface area contributed by atoms with Crippen molar-refractivity contribution in [2.45, 2.75) is 0 Å². The highest BCUT2D eigenvalue weighted by Crippen LogP contribution is 2.23. The number of anilines is 2. The molecule has 100 valence electrons. The van der Waals surface area contributed by atoms with Gasteiger partial charge in [0.05, 0.1) is 12.4 Å². The third-order valence-corrected chi connectivity index (χ3v) is 2.88. The van der Waals surface area contributed by atoms with Crippen molar-refractivity contribution in [2.24, 2.45) is 0 Å². The molecule has 5 nitrogen and oxygen atoms in total. The van der Waals surface area contributed by atoms with Crippen LogP contribution in [-0.4, -0.2) is 20.2 Å². The highest BCUT2D eigenvalue weighted by atomic mass is 35.5. The monoisotopic (exact) mass is 289 g/mol. The lowest BCUT2D eigenvalue weighted by molar-refractivity contribution is 0.619. The van der Waals surface area contributed by atoms with E-state index >= 15 is 0 Å². The van der Waals surface area contributed by atoms with Crippen LogP contribution in [0.4, 0.5) is 15.9 Å². The molecule has 0 unspecified atom stereocenters. The summed E-state index contributed by atoms with van der Waals surface area (Å²) in [6.07, 6.45) is 4.55. The molecule has 0 radical (unpaired) electrons. The molecular weight excluding hydrogens is 281 g/mol. The number of hydrogen-bond donors (Lipinski definition) is 2. The van der Waals surface area contributed by atoms with E-state index in [0.29, 0.717) is 5.69 Å². The Kier molecular flexibility index (Phi) is 3.30. The molecule has 0 aliphatic carbocycles. The maximum Gasteiger partial charge on any atom is 0.224 e. The van der Waals surface area contributed by atoms with Crippen LogP contribution in [0.5, 0.6) is 0 Å². The Morgan fingerprint density at radius 3 is 2.60 bits per heavy atom. The molecule has 0 atom stereocenters. The molecule has 3 rings (SSSR count). The standard InChI is InChI=1S/C13H9ClFN5/c14-13-16-7-11(15)12(20-13)19-10-3-1-8(2-4-10)9-5-17-18-6-9/h1-7H,(H,17,18)(H,16,19,20). The highest BCUT2D eigenvalue weighted by Gasteiger charge is 2.06. The average molecular weight is 290 g/mol. The summed E-state index contributed by atoms with van der Waals surface area (Å²) in [4.78, 5) is 7.35. The second-order valence-electron chi connectivity index (χ2n) is 4.02. The minimum Gasteiger partial charge on any atom is -0.338 e. The van der Waals surface area contributed by atoms with Crippen LogP contribution in [0.2, 0.25) is 5.28 Å². The fourth-order valence-electron chi connectivity index (χ4n) is 1.72. The van der Waals surface area contributed by atoms with Crippen LogP contribution in [-0.2, 0) is 0 Å². The summed E-state index contributed by atoms with van der Waals surface area (Å²) in [7, 11) is 0. The average Bonchev–Trinajstić information content (AvgIpc) is 2.98. The van der Waals surface area contributed by atoms with Gasteiger partial charge in [-0.2, -0.15) is 10.1 Å². The Bertz CT molecular complexity index is 712. The summed E-state index contributed by atoms with van der Waals surface area (Å²) in [5.74, 6) is -0.519. The number of benzene rings is 1. The van der Waals surface area contributed by atoms with Gasteiger partial charge in [0.25, 0.3) is 0 Å². The second-order valence-corrected chi connectivity index (χ2v) is 4.36. The molecule has 1 aromatic carbocycles. The fourth-order valence-corrected chi connectivity index (χ4v) is 1.86. The van der Waals surface area contributed by atoms with Crippen molar-refractivity contribution in [3.05, 3.63) is 54.0 Å². The maximum absolute atomic E-state index is 13.5. The highest BCUT2D eigenvalue weighted by molar-refractivity contribution is 6.28. The van der Waals surface area contributed by atoms with E-state index in [1.165, 1.54) is 0 Å². The molecule has 0 aliphatic heterocycles. The van der Waals surface area contributed by atoms with Crippen LogP contribution >= 0.6 is 11.6 Å². The lowest BCUT2D eigenvalue weighted by Gasteiger charge is -2.07. The molecule has 0 amide bonds. The zero-order valence-corrected chi connectivity index (χ0v) is 10.9. The third kappa shape index (κ3) is 2.60. The minimum absolute atomic E-state index is 0.0103. The summed E-state index contributed by atoms with van der Waals surface area (Å²) >= 11 is 5.64. The molecule has 0 saturated heterocycles. The third-order valence-electron chi connectivity index (χ3n) is 2.69. The molecular formula is C13H9ClFN5. The van der Waals surface area contributed by atoms with Crippen molar-refractivity contribution < 1.29 is 4.39 Å². The van der Waals surface area contributed by atoms with Crippen LogP contribution in [0.1, 0.15) is 0 Å². The normalized spacial score (nSPS) is 10.5. The molecule has 0 spiro atoms. The zero-order valence-electron chi connectivity index (χ0n) is 10.1. The molecule has 0 fully saturated rings. The van der Waals surface area contributed by atoms with E-state index in [1.54, 1.807) is 12.4 Å². The minimum atomic E-state index is -0.562. The molecule has 2 aromatic heterocycles.